The Morgan fingerprint density at radius 2 is 2.16 bits per heavy atom. The molecule has 1 amide bonds. The van der Waals surface area contributed by atoms with Crippen LogP contribution in [0.3, 0.4) is 0 Å². The number of rotatable bonds is 7. The molecule has 0 spiro atoms. The number of carbonyl (C=O) groups excluding carboxylic acids is 1. The molecule has 3 nitrogen and oxygen atoms in total. The fraction of sp³-hybridized carbons (Fsp3) is 0.533. The number of hydrogen-bond donors (Lipinski definition) is 1. The lowest BCUT2D eigenvalue weighted by Gasteiger charge is -2.24. The molecule has 0 fully saturated rings. The second kappa shape index (κ2) is 7.89. The molecule has 1 atom stereocenters. The third kappa shape index (κ3) is 4.99. The van der Waals surface area contributed by atoms with Gasteiger partial charge in [0.2, 0.25) is 5.91 Å². The number of likely N-dealkylation sites (N-methyl/N-ethyl adjacent to an activating group) is 1. The van der Waals surface area contributed by atoms with Gasteiger partial charge in [0.05, 0.1) is 6.04 Å². The number of nitrogens with two attached hydrogens (primary N) is 1. The first-order chi connectivity index (χ1) is 9.08. The van der Waals surface area contributed by atoms with Gasteiger partial charge in [-0.1, -0.05) is 31.9 Å². The van der Waals surface area contributed by atoms with Gasteiger partial charge in [-0.05, 0) is 31.0 Å². The minimum absolute atomic E-state index is 0.0554. The Morgan fingerprint density at radius 1 is 1.42 bits per heavy atom. The summed E-state index contributed by atoms with van der Waals surface area (Å²) in [6.07, 6.45) is 2.68. The topological polar surface area (TPSA) is 46.3 Å². The molecule has 0 aliphatic heterocycles. The first-order valence-corrected chi connectivity index (χ1v) is 6.87. The van der Waals surface area contributed by atoms with Crippen molar-refractivity contribution in [3.05, 3.63) is 35.6 Å². The van der Waals surface area contributed by atoms with Crippen molar-refractivity contribution in [2.75, 3.05) is 6.54 Å². The Hall–Kier alpha value is -1.42. The minimum Gasteiger partial charge on any atom is -0.337 e. The first kappa shape index (κ1) is 15.6. The smallest absolute Gasteiger partial charge is 0.239 e. The third-order valence-electron chi connectivity index (χ3n) is 3.14. The number of hydrogen-bond acceptors (Lipinski definition) is 2. The molecule has 1 rings (SSSR count). The van der Waals surface area contributed by atoms with Gasteiger partial charge >= 0.3 is 0 Å². The Labute approximate surface area is 114 Å². The van der Waals surface area contributed by atoms with Crippen LogP contribution in [0.4, 0.5) is 4.39 Å². The summed E-state index contributed by atoms with van der Waals surface area (Å²) in [5.74, 6) is -0.337. The molecule has 0 unspecified atom stereocenters. The van der Waals surface area contributed by atoms with E-state index < -0.39 is 6.04 Å². The molecule has 0 aliphatic rings. The fourth-order valence-corrected chi connectivity index (χ4v) is 1.98. The average Bonchev–Trinajstić information content (AvgIpc) is 2.41. The molecule has 1 aromatic carbocycles. The Kier molecular flexibility index (Phi) is 6.50. The van der Waals surface area contributed by atoms with Gasteiger partial charge in [-0.2, -0.15) is 0 Å². The molecule has 2 N–H and O–H groups in total. The quantitative estimate of drug-likeness (QED) is 0.824. The van der Waals surface area contributed by atoms with Crippen LogP contribution >= 0.6 is 0 Å². The van der Waals surface area contributed by atoms with E-state index in [1.165, 1.54) is 12.1 Å². The zero-order valence-corrected chi connectivity index (χ0v) is 11.7. The molecule has 0 aromatic heterocycles. The lowest BCUT2D eigenvalue weighted by atomic mass is 10.1. The number of halogens is 1. The second-order valence-corrected chi connectivity index (χ2v) is 4.73. The highest BCUT2D eigenvalue weighted by atomic mass is 19.1. The van der Waals surface area contributed by atoms with Crippen LogP contribution in [0.5, 0.6) is 0 Å². The van der Waals surface area contributed by atoms with Crippen molar-refractivity contribution in [1.29, 1.82) is 0 Å². The van der Waals surface area contributed by atoms with Crippen molar-refractivity contribution in [3.63, 3.8) is 0 Å². The highest BCUT2D eigenvalue weighted by Crippen LogP contribution is 2.10. The number of benzene rings is 1. The molecular formula is C15H23FN2O. The minimum atomic E-state index is -0.451. The van der Waals surface area contributed by atoms with Crippen molar-refractivity contribution in [3.8, 4) is 0 Å². The van der Waals surface area contributed by atoms with Gasteiger partial charge in [0.15, 0.2) is 0 Å². The zero-order chi connectivity index (χ0) is 14.3. The van der Waals surface area contributed by atoms with Gasteiger partial charge < -0.3 is 10.6 Å². The lowest BCUT2D eigenvalue weighted by Crippen LogP contribution is -2.43. The van der Waals surface area contributed by atoms with E-state index in [9.17, 15) is 9.18 Å². The number of unbranched alkanes of at least 4 members (excludes halogenated alkanes) is 1. The maximum Gasteiger partial charge on any atom is 0.239 e. The second-order valence-electron chi connectivity index (χ2n) is 4.73. The van der Waals surface area contributed by atoms with Crippen LogP contribution in [0.1, 0.15) is 38.7 Å². The van der Waals surface area contributed by atoms with Crippen LogP contribution in [0, 0.1) is 5.82 Å². The molecule has 0 radical (unpaired) electrons. The van der Waals surface area contributed by atoms with Crippen molar-refractivity contribution in [1.82, 2.24) is 4.90 Å². The van der Waals surface area contributed by atoms with Crippen molar-refractivity contribution in [2.45, 2.75) is 45.7 Å². The van der Waals surface area contributed by atoms with Crippen molar-refractivity contribution < 1.29 is 9.18 Å². The van der Waals surface area contributed by atoms with E-state index in [4.69, 9.17) is 5.73 Å². The predicted molar refractivity (Wildman–Crippen MR) is 75.0 cm³/mol. The molecule has 106 valence electrons. The van der Waals surface area contributed by atoms with Gasteiger partial charge in [0, 0.05) is 13.1 Å². The molecule has 0 saturated heterocycles. The van der Waals surface area contributed by atoms with Gasteiger partial charge in [0.1, 0.15) is 5.82 Å². The van der Waals surface area contributed by atoms with Gasteiger partial charge in [-0.25, -0.2) is 4.39 Å². The van der Waals surface area contributed by atoms with Gasteiger partial charge in [-0.3, -0.25) is 4.79 Å². The van der Waals surface area contributed by atoms with E-state index in [0.29, 0.717) is 19.5 Å². The highest BCUT2D eigenvalue weighted by Gasteiger charge is 2.19. The average molecular weight is 266 g/mol. The first-order valence-electron chi connectivity index (χ1n) is 6.87. The predicted octanol–water partition coefficient (Wildman–Crippen LogP) is 2.69. The maximum atomic E-state index is 13.1. The summed E-state index contributed by atoms with van der Waals surface area (Å²) in [5.41, 5.74) is 6.69. The van der Waals surface area contributed by atoms with Crippen LogP contribution in [0.15, 0.2) is 24.3 Å². The maximum absolute atomic E-state index is 13.1. The highest BCUT2D eigenvalue weighted by molar-refractivity contribution is 5.81. The number of carbonyl (C=O) groups is 1. The summed E-state index contributed by atoms with van der Waals surface area (Å²) in [7, 11) is 0. The summed E-state index contributed by atoms with van der Waals surface area (Å²) >= 11 is 0. The van der Waals surface area contributed by atoms with Crippen LogP contribution in [0.25, 0.3) is 0 Å². The molecule has 1 aromatic rings. The molecule has 0 heterocycles. The van der Waals surface area contributed by atoms with Gasteiger partial charge in [-0.15, -0.1) is 0 Å². The van der Waals surface area contributed by atoms with E-state index in [1.807, 2.05) is 13.0 Å². The largest absolute Gasteiger partial charge is 0.337 e. The summed E-state index contributed by atoms with van der Waals surface area (Å²) in [5, 5.41) is 0. The molecule has 0 saturated carbocycles. The summed E-state index contributed by atoms with van der Waals surface area (Å²) < 4.78 is 13.1. The van der Waals surface area contributed by atoms with E-state index in [0.717, 1.165) is 18.4 Å². The Balaban J connectivity index is 2.64. The van der Waals surface area contributed by atoms with Crippen LogP contribution in [0.2, 0.25) is 0 Å². The van der Waals surface area contributed by atoms with Gasteiger partial charge in [0.25, 0.3) is 0 Å². The van der Waals surface area contributed by atoms with Crippen LogP contribution in [-0.2, 0) is 11.3 Å². The summed E-state index contributed by atoms with van der Waals surface area (Å²) in [4.78, 5) is 13.9. The zero-order valence-electron chi connectivity index (χ0n) is 11.7. The number of amides is 1. The van der Waals surface area contributed by atoms with E-state index >= 15 is 0 Å². The standard InChI is InChI=1S/C15H23FN2O/c1-3-5-9-14(17)15(19)18(4-2)11-12-7-6-8-13(16)10-12/h6-8,10,14H,3-5,9,11,17H2,1-2H3/t14-/m0/s1. The van der Waals surface area contributed by atoms with E-state index in [2.05, 4.69) is 6.92 Å². The normalized spacial score (nSPS) is 12.2. The fourth-order valence-electron chi connectivity index (χ4n) is 1.98. The molecule has 0 bridgehead atoms. The Bertz CT molecular complexity index is 409. The molecular weight excluding hydrogens is 243 g/mol. The third-order valence-corrected chi connectivity index (χ3v) is 3.14. The molecule has 4 heteroatoms. The van der Waals surface area contributed by atoms with Crippen LogP contribution < -0.4 is 5.73 Å². The molecule has 19 heavy (non-hydrogen) atoms. The monoisotopic (exact) mass is 266 g/mol. The van der Waals surface area contributed by atoms with Crippen LogP contribution in [-0.4, -0.2) is 23.4 Å². The number of nitrogens with zero attached hydrogens (tertiary/aromatic N) is 1. The Morgan fingerprint density at radius 3 is 2.74 bits per heavy atom. The van der Waals surface area contributed by atoms with Crippen molar-refractivity contribution in [2.24, 2.45) is 5.73 Å². The molecule has 0 aliphatic carbocycles. The summed E-state index contributed by atoms with van der Waals surface area (Å²) in [6.45, 7) is 4.97. The van der Waals surface area contributed by atoms with E-state index in [1.54, 1.807) is 11.0 Å². The van der Waals surface area contributed by atoms with E-state index in [-0.39, 0.29) is 11.7 Å². The summed E-state index contributed by atoms with van der Waals surface area (Å²) in [6, 6.07) is 5.87. The lowest BCUT2D eigenvalue weighted by molar-refractivity contribution is -0.133. The SMILES string of the molecule is CCCC[C@H](N)C(=O)N(CC)Cc1cccc(F)c1. The van der Waals surface area contributed by atoms with Crippen molar-refractivity contribution >= 4 is 5.91 Å².